The Balaban J connectivity index is 2.00. The summed E-state index contributed by atoms with van der Waals surface area (Å²) in [5, 5.41) is 13.1. The maximum absolute atomic E-state index is 9.41. The van der Waals surface area contributed by atoms with Crippen molar-refractivity contribution in [2.45, 2.75) is 37.6 Å². The van der Waals surface area contributed by atoms with Gasteiger partial charge in [0.05, 0.1) is 0 Å². The van der Waals surface area contributed by atoms with Gasteiger partial charge in [-0.2, -0.15) is 0 Å². The Bertz CT molecular complexity index is 431. The van der Waals surface area contributed by atoms with E-state index in [0.29, 0.717) is 18.4 Å². The molecule has 0 spiro atoms. The topological polar surface area (TPSA) is 32.3 Å². The molecule has 0 saturated heterocycles. The fraction of sp³-hybridized carbons (Fsp3) is 0.625. The lowest BCUT2D eigenvalue weighted by Crippen LogP contribution is -2.52. The van der Waals surface area contributed by atoms with E-state index in [1.54, 1.807) is 0 Å². The van der Waals surface area contributed by atoms with Crippen molar-refractivity contribution in [2.75, 3.05) is 13.7 Å². The number of aliphatic hydroxyl groups excluding tert-OH is 1. The number of aryl methyl sites for hydroxylation is 1. The number of aliphatic hydroxyl groups is 1. The van der Waals surface area contributed by atoms with E-state index in [4.69, 9.17) is 0 Å². The van der Waals surface area contributed by atoms with E-state index in [1.165, 1.54) is 30.4 Å². The van der Waals surface area contributed by atoms with E-state index in [1.807, 2.05) is 0 Å². The van der Waals surface area contributed by atoms with Crippen molar-refractivity contribution in [1.82, 2.24) is 5.32 Å². The van der Waals surface area contributed by atoms with E-state index in [-0.39, 0.29) is 5.54 Å². The molecule has 3 atom stereocenters. The van der Waals surface area contributed by atoms with Gasteiger partial charge in [-0.25, -0.2) is 0 Å². The van der Waals surface area contributed by atoms with Crippen LogP contribution >= 0.6 is 0 Å². The Kier molecular flexibility index (Phi) is 3.16. The Morgan fingerprint density at radius 2 is 2.17 bits per heavy atom. The molecule has 18 heavy (non-hydrogen) atoms. The molecule has 0 aliphatic heterocycles. The predicted octanol–water partition coefficient (Wildman–Crippen LogP) is 2.46. The van der Waals surface area contributed by atoms with Crippen LogP contribution in [0.4, 0.5) is 0 Å². The van der Waals surface area contributed by atoms with Crippen molar-refractivity contribution in [3.05, 3.63) is 35.4 Å². The number of hydrogen-bond donors (Lipinski definition) is 2. The van der Waals surface area contributed by atoms with Crippen LogP contribution in [0.1, 0.15) is 36.8 Å². The standard InChI is InChI=1S/C16H23NO/c1-17-16-9-8-12(11-18)10-14(16)7-6-13-4-2-3-5-15(13)16/h2-5,12,14,17-18H,6-11H2,1H3. The predicted molar refractivity (Wildman–Crippen MR) is 73.4 cm³/mol. The third-order valence-electron chi connectivity index (χ3n) is 5.23. The molecule has 2 N–H and O–H groups in total. The van der Waals surface area contributed by atoms with Gasteiger partial charge in [-0.3, -0.25) is 0 Å². The molecule has 1 fully saturated rings. The molecule has 1 saturated carbocycles. The van der Waals surface area contributed by atoms with Crippen molar-refractivity contribution in [2.24, 2.45) is 11.8 Å². The lowest BCUT2D eigenvalue weighted by Gasteiger charge is -2.50. The molecule has 2 heteroatoms. The van der Waals surface area contributed by atoms with Crippen LogP contribution in [0.25, 0.3) is 0 Å². The SMILES string of the molecule is CNC12CCC(CO)CC1CCc1ccccc12. The van der Waals surface area contributed by atoms with Gasteiger partial charge >= 0.3 is 0 Å². The zero-order valence-corrected chi connectivity index (χ0v) is 11.2. The van der Waals surface area contributed by atoms with Crippen LogP contribution in [-0.4, -0.2) is 18.8 Å². The molecule has 98 valence electrons. The Morgan fingerprint density at radius 3 is 2.94 bits per heavy atom. The van der Waals surface area contributed by atoms with E-state index >= 15 is 0 Å². The first-order chi connectivity index (χ1) is 8.80. The zero-order valence-electron chi connectivity index (χ0n) is 11.2. The normalized spacial score (nSPS) is 34.8. The minimum absolute atomic E-state index is 0.167. The van der Waals surface area contributed by atoms with Gasteiger partial charge in [0.1, 0.15) is 0 Å². The fourth-order valence-electron chi connectivity index (χ4n) is 4.21. The van der Waals surface area contributed by atoms with E-state index < -0.39 is 0 Å². The van der Waals surface area contributed by atoms with Gasteiger partial charge in [0.15, 0.2) is 0 Å². The zero-order chi connectivity index (χ0) is 12.6. The van der Waals surface area contributed by atoms with E-state index in [0.717, 1.165) is 12.8 Å². The van der Waals surface area contributed by atoms with Crippen LogP contribution < -0.4 is 5.32 Å². The Hall–Kier alpha value is -0.860. The lowest BCUT2D eigenvalue weighted by molar-refractivity contribution is 0.0657. The van der Waals surface area contributed by atoms with Crippen molar-refractivity contribution in [3.8, 4) is 0 Å². The highest BCUT2D eigenvalue weighted by molar-refractivity contribution is 5.37. The van der Waals surface area contributed by atoms with Crippen LogP contribution in [-0.2, 0) is 12.0 Å². The van der Waals surface area contributed by atoms with Crippen molar-refractivity contribution < 1.29 is 5.11 Å². The lowest BCUT2D eigenvalue weighted by atomic mass is 9.60. The van der Waals surface area contributed by atoms with Crippen molar-refractivity contribution in [1.29, 1.82) is 0 Å². The molecular weight excluding hydrogens is 222 g/mol. The highest BCUT2D eigenvalue weighted by atomic mass is 16.3. The third kappa shape index (κ3) is 1.70. The average molecular weight is 245 g/mol. The van der Waals surface area contributed by atoms with Gasteiger partial charge in [0, 0.05) is 12.1 Å². The number of fused-ring (bicyclic) bond motifs is 3. The first-order valence-corrected chi connectivity index (χ1v) is 7.18. The van der Waals surface area contributed by atoms with Crippen LogP contribution in [0, 0.1) is 11.8 Å². The maximum atomic E-state index is 9.41. The molecule has 0 radical (unpaired) electrons. The first kappa shape index (κ1) is 12.2. The minimum Gasteiger partial charge on any atom is -0.396 e. The Labute approximate surface area is 109 Å². The summed E-state index contributed by atoms with van der Waals surface area (Å²) in [6, 6.07) is 8.90. The molecule has 0 bridgehead atoms. The van der Waals surface area contributed by atoms with E-state index in [2.05, 4.69) is 36.6 Å². The highest BCUT2D eigenvalue weighted by Gasteiger charge is 2.46. The average Bonchev–Trinajstić information content (AvgIpc) is 2.46. The van der Waals surface area contributed by atoms with Gasteiger partial charge in [0.25, 0.3) is 0 Å². The maximum Gasteiger partial charge on any atom is 0.0463 e. The first-order valence-electron chi connectivity index (χ1n) is 7.18. The second kappa shape index (κ2) is 4.67. The molecule has 2 aliphatic rings. The second-order valence-electron chi connectivity index (χ2n) is 5.94. The number of nitrogens with one attached hydrogen (secondary N) is 1. The van der Waals surface area contributed by atoms with Crippen LogP contribution in [0.3, 0.4) is 0 Å². The van der Waals surface area contributed by atoms with E-state index in [9.17, 15) is 5.11 Å². The van der Waals surface area contributed by atoms with Crippen LogP contribution in [0.5, 0.6) is 0 Å². The smallest absolute Gasteiger partial charge is 0.0463 e. The fourth-order valence-corrected chi connectivity index (χ4v) is 4.21. The quantitative estimate of drug-likeness (QED) is 0.839. The summed E-state index contributed by atoms with van der Waals surface area (Å²) < 4.78 is 0. The van der Waals surface area contributed by atoms with Gasteiger partial charge in [-0.05, 0) is 62.1 Å². The second-order valence-corrected chi connectivity index (χ2v) is 5.94. The third-order valence-corrected chi connectivity index (χ3v) is 5.23. The summed E-state index contributed by atoms with van der Waals surface area (Å²) in [4.78, 5) is 0. The van der Waals surface area contributed by atoms with Gasteiger partial charge in [-0.1, -0.05) is 24.3 Å². The van der Waals surface area contributed by atoms with Crippen molar-refractivity contribution in [3.63, 3.8) is 0 Å². The highest BCUT2D eigenvalue weighted by Crippen LogP contribution is 2.49. The van der Waals surface area contributed by atoms with Crippen LogP contribution in [0.15, 0.2) is 24.3 Å². The minimum atomic E-state index is 0.167. The summed E-state index contributed by atoms with van der Waals surface area (Å²) >= 11 is 0. The summed E-state index contributed by atoms with van der Waals surface area (Å²) in [5.41, 5.74) is 3.20. The molecular formula is C16H23NO. The molecule has 0 aromatic heterocycles. The summed E-state index contributed by atoms with van der Waals surface area (Å²) in [6.45, 7) is 0.359. The molecule has 2 aliphatic carbocycles. The molecule has 1 aromatic carbocycles. The summed E-state index contributed by atoms with van der Waals surface area (Å²) in [6.07, 6.45) is 5.93. The molecule has 3 unspecified atom stereocenters. The largest absolute Gasteiger partial charge is 0.396 e. The van der Waals surface area contributed by atoms with Crippen molar-refractivity contribution >= 4 is 0 Å². The van der Waals surface area contributed by atoms with Gasteiger partial charge < -0.3 is 10.4 Å². The molecule has 0 amide bonds. The van der Waals surface area contributed by atoms with Crippen LogP contribution in [0.2, 0.25) is 0 Å². The molecule has 0 heterocycles. The number of rotatable bonds is 2. The molecule has 3 rings (SSSR count). The van der Waals surface area contributed by atoms with Gasteiger partial charge in [-0.15, -0.1) is 0 Å². The monoisotopic (exact) mass is 245 g/mol. The van der Waals surface area contributed by atoms with Gasteiger partial charge in [0.2, 0.25) is 0 Å². The summed E-state index contributed by atoms with van der Waals surface area (Å²) in [7, 11) is 2.11. The Morgan fingerprint density at radius 1 is 1.33 bits per heavy atom. The summed E-state index contributed by atoms with van der Waals surface area (Å²) in [5.74, 6) is 1.20. The molecule has 1 aromatic rings. The number of benzene rings is 1. The molecule has 2 nitrogen and oxygen atoms in total. The number of hydrogen-bond acceptors (Lipinski definition) is 2.